The summed E-state index contributed by atoms with van der Waals surface area (Å²) in [6, 6.07) is 3.12. The summed E-state index contributed by atoms with van der Waals surface area (Å²) in [5.41, 5.74) is 0.226. The molecular formula is C15H20F2N2OS. The van der Waals surface area contributed by atoms with Gasteiger partial charge in [0.25, 0.3) is 11.7 Å². The maximum Gasteiger partial charge on any atom is 0.290 e. The number of rotatable bonds is 7. The van der Waals surface area contributed by atoms with Crippen molar-refractivity contribution in [3.8, 4) is 0 Å². The first-order valence-corrected chi connectivity index (χ1v) is 8.23. The van der Waals surface area contributed by atoms with E-state index in [1.165, 1.54) is 37.9 Å². The van der Waals surface area contributed by atoms with Gasteiger partial charge in [0.05, 0.1) is 5.56 Å². The van der Waals surface area contributed by atoms with Crippen molar-refractivity contribution in [3.05, 3.63) is 23.9 Å². The summed E-state index contributed by atoms with van der Waals surface area (Å²) in [7, 11) is 0. The fraction of sp³-hybridized carbons (Fsp3) is 0.600. The fourth-order valence-corrected chi connectivity index (χ4v) is 3.31. The van der Waals surface area contributed by atoms with Gasteiger partial charge in [0, 0.05) is 12.7 Å². The Kier molecular flexibility index (Phi) is 6.42. The van der Waals surface area contributed by atoms with Crippen molar-refractivity contribution in [2.75, 3.05) is 6.54 Å². The summed E-state index contributed by atoms with van der Waals surface area (Å²) in [6.45, 7) is 0.586. The molecule has 21 heavy (non-hydrogen) atoms. The van der Waals surface area contributed by atoms with E-state index >= 15 is 0 Å². The average Bonchev–Trinajstić information content (AvgIpc) is 2.96. The summed E-state index contributed by atoms with van der Waals surface area (Å²) in [6.07, 6.45) is 8.72. The quantitative estimate of drug-likeness (QED) is 0.608. The molecule has 0 bridgehead atoms. The molecule has 1 aliphatic carbocycles. The molecule has 1 aromatic rings. The SMILES string of the molecule is O=C(NCCCC1CCCC1)c1cccnc1SC(F)F. The van der Waals surface area contributed by atoms with Crippen molar-refractivity contribution < 1.29 is 13.6 Å². The van der Waals surface area contributed by atoms with Crippen molar-refractivity contribution in [3.63, 3.8) is 0 Å². The lowest BCUT2D eigenvalue weighted by Crippen LogP contribution is -2.25. The molecule has 1 amide bonds. The Morgan fingerprint density at radius 3 is 2.90 bits per heavy atom. The topological polar surface area (TPSA) is 42.0 Å². The molecule has 0 aliphatic heterocycles. The van der Waals surface area contributed by atoms with Crippen molar-refractivity contribution in [1.82, 2.24) is 10.3 Å². The van der Waals surface area contributed by atoms with Crippen LogP contribution in [-0.4, -0.2) is 23.2 Å². The molecule has 2 rings (SSSR count). The minimum absolute atomic E-state index is 0.0841. The van der Waals surface area contributed by atoms with E-state index in [9.17, 15) is 13.6 Å². The zero-order valence-electron chi connectivity index (χ0n) is 11.9. The number of carbonyl (C=O) groups is 1. The van der Waals surface area contributed by atoms with Gasteiger partial charge in [-0.1, -0.05) is 25.7 Å². The molecule has 1 N–H and O–H groups in total. The average molecular weight is 314 g/mol. The van der Waals surface area contributed by atoms with E-state index in [0.29, 0.717) is 18.3 Å². The summed E-state index contributed by atoms with van der Waals surface area (Å²) in [4.78, 5) is 15.9. The van der Waals surface area contributed by atoms with Crippen LogP contribution >= 0.6 is 11.8 Å². The zero-order chi connectivity index (χ0) is 15.1. The lowest BCUT2D eigenvalue weighted by atomic mass is 10.0. The first-order chi connectivity index (χ1) is 10.2. The van der Waals surface area contributed by atoms with Gasteiger partial charge < -0.3 is 5.32 Å². The van der Waals surface area contributed by atoms with E-state index in [1.807, 2.05) is 0 Å². The van der Waals surface area contributed by atoms with Crippen LogP contribution in [0.5, 0.6) is 0 Å². The molecule has 0 spiro atoms. The highest BCUT2D eigenvalue weighted by Crippen LogP contribution is 2.28. The van der Waals surface area contributed by atoms with E-state index in [4.69, 9.17) is 0 Å². The van der Waals surface area contributed by atoms with Crippen molar-refractivity contribution in [2.45, 2.75) is 49.3 Å². The van der Waals surface area contributed by atoms with Crippen LogP contribution in [-0.2, 0) is 0 Å². The Labute approximate surface area is 127 Å². The second kappa shape index (κ2) is 8.32. The van der Waals surface area contributed by atoms with Crippen LogP contribution in [0.3, 0.4) is 0 Å². The predicted molar refractivity (Wildman–Crippen MR) is 79.6 cm³/mol. The van der Waals surface area contributed by atoms with Crippen molar-refractivity contribution in [2.24, 2.45) is 5.92 Å². The highest BCUT2D eigenvalue weighted by Gasteiger charge is 2.17. The van der Waals surface area contributed by atoms with E-state index < -0.39 is 5.76 Å². The van der Waals surface area contributed by atoms with E-state index in [-0.39, 0.29) is 16.5 Å². The molecule has 1 fully saturated rings. The molecule has 0 saturated heterocycles. The third kappa shape index (κ3) is 5.26. The monoisotopic (exact) mass is 314 g/mol. The molecule has 0 aromatic carbocycles. The molecule has 0 unspecified atom stereocenters. The van der Waals surface area contributed by atoms with Crippen LogP contribution in [0, 0.1) is 5.92 Å². The fourth-order valence-electron chi connectivity index (χ4n) is 2.73. The first-order valence-electron chi connectivity index (χ1n) is 7.35. The van der Waals surface area contributed by atoms with Gasteiger partial charge in [-0.2, -0.15) is 8.78 Å². The number of aromatic nitrogens is 1. The van der Waals surface area contributed by atoms with Gasteiger partial charge in [-0.15, -0.1) is 0 Å². The summed E-state index contributed by atoms with van der Waals surface area (Å²) in [5, 5.41) is 2.88. The van der Waals surface area contributed by atoms with Crippen LogP contribution in [0.15, 0.2) is 23.4 Å². The minimum atomic E-state index is -2.58. The number of nitrogens with one attached hydrogen (secondary N) is 1. The van der Waals surface area contributed by atoms with Gasteiger partial charge in [-0.3, -0.25) is 4.79 Å². The smallest absolute Gasteiger partial charge is 0.290 e. The molecule has 116 valence electrons. The molecule has 1 heterocycles. The van der Waals surface area contributed by atoms with Crippen LogP contribution in [0.2, 0.25) is 0 Å². The summed E-state index contributed by atoms with van der Waals surface area (Å²) >= 11 is 0.308. The molecule has 0 atom stereocenters. The van der Waals surface area contributed by atoms with Gasteiger partial charge in [0.15, 0.2) is 0 Å². The first kappa shape index (κ1) is 16.2. The predicted octanol–water partition coefficient (Wildman–Crippen LogP) is 4.10. The molecular weight excluding hydrogens is 294 g/mol. The number of hydrogen-bond acceptors (Lipinski definition) is 3. The van der Waals surface area contributed by atoms with Crippen molar-refractivity contribution in [1.29, 1.82) is 0 Å². The summed E-state index contributed by atoms with van der Waals surface area (Å²) in [5.74, 6) is -2.10. The van der Waals surface area contributed by atoms with E-state index in [1.54, 1.807) is 6.07 Å². The molecule has 6 heteroatoms. The Morgan fingerprint density at radius 2 is 2.19 bits per heavy atom. The van der Waals surface area contributed by atoms with Crippen LogP contribution in [0.25, 0.3) is 0 Å². The van der Waals surface area contributed by atoms with Crippen LogP contribution in [0.4, 0.5) is 8.78 Å². The Bertz CT molecular complexity index is 465. The van der Waals surface area contributed by atoms with E-state index in [0.717, 1.165) is 18.8 Å². The van der Waals surface area contributed by atoms with Gasteiger partial charge in [-0.25, -0.2) is 4.98 Å². The Morgan fingerprint density at radius 1 is 1.43 bits per heavy atom. The highest BCUT2D eigenvalue weighted by atomic mass is 32.2. The largest absolute Gasteiger partial charge is 0.352 e. The maximum atomic E-state index is 12.4. The number of halogens is 2. The lowest BCUT2D eigenvalue weighted by Gasteiger charge is -2.10. The standard InChI is InChI=1S/C15H20F2N2OS/c16-15(17)21-14-12(8-4-10-19-14)13(20)18-9-3-7-11-5-1-2-6-11/h4,8,10-11,15H,1-3,5-7,9H2,(H,18,20). The second-order valence-electron chi connectivity index (χ2n) is 5.28. The van der Waals surface area contributed by atoms with Gasteiger partial charge in [0.2, 0.25) is 0 Å². The normalized spacial score (nSPS) is 15.6. The molecule has 0 radical (unpaired) electrons. The van der Waals surface area contributed by atoms with Gasteiger partial charge >= 0.3 is 0 Å². The number of pyridine rings is 1. The highest BCUT2D eigenvalue weighted by molar-refractivity contribution is 7.99. The summed E-state index contributed by atoms with van der Waals surface area (Å²) < 4.78 is 24.9. The van der Waals surface area contributed by atoms with Crippen molar-refractivity contribution >= 4 is 17.7 Å². The lowest BCUT2D eigenvalue weighted by molar-refractivity contribution is 0.0948. The third-order valence-electron chi connectivity index (χ3n) is 3.77. The van der Waals surface area contributed by atoms with Gasteiger partial charge in [-0.05, 0) is 42.7 Å². The zero-order valence-corrected chi connectivity index (χ0v) is 12.7. The maximum absolute atomic E-state index is 12.4. The molecule has 1 aliphatic rings. The number of carbonyl (C=O) groups excluding carboxylic acids is 1. The minimum Gasteiger partial charge on any atom is -0.352 e. The number of amides is 1. The van der Waals surface area contributed by atoms with Crippen LogP contribution in [0.1, 0.15) is 48.9 Å². The number of alkyl halides is 2. The Balaban J connectivity index is 1.79. The molecule has 1 saturated carbocycles. The number of hydrogen-bond donors (Lipinski definition) is 1. The Hall–Kier alpha value is -1.17. The molecule has 3 nitrogen and oxygen atoms in total. The third-order valence-corrected chi connectivity index (χ3v) is 4.49. The van der Waals surface area contributed by atoms with E-state index in [2.05, 4.69) is 10.3 Å². The van der Waals surface area contributed by atoms with Gasteiger partial charge in [0.1, 0.15) is 5.03 Å². The number of thioether (sulfide) groups is 1. The second-order valence-corrected chi connectivity index (χ2v) is 6.26. The van der Waals surface area contributed by atoms with Crippen LogP contribution < -0.4 is 5.32 Å². The molecule has 1 aromatic heterocycles. The number of nitrogens with zero attached hydrogens (tertiary/aromatic N) is 1.